The highest BCUT2D eigenvalue weighted by Crippen LogP contribution is 2.20. The fraction of sp³-hybridized carbons (Fsp3) is 0.300. The number of nitro groups is 1. The van der Waals surface area contributed by atoms with Gasteiger partial charge in [0.05, 0.1) is 16.0 Å². The Labute approximate surface area is 102 Å². The SMILES string of the molecule is CSCCNc1nc2ccc([N+](=O)[O-])cc2[nH]1. The summed E-state index contributed by atoms with van der Waals surface area (Å²) < 4.78 is 0. The first kappa shape index (κ1) is 11.7. The van der Waals surface area contributed by atoms with Crippen molar-refractivity contribution in [1.29, 1.82) is 0 Å². The first-order chi connectivity index (χ1) is 8.20. The Morgan fingerprint density at radius 2 is 2.41 bits per heavy atom. The van der Waals surface area contributed by atoms with Crippen LogP contribution in [0.2, 0.25) is 0 Å². The van der Waals surface area contributed by atoms with Gasteiger partial charge in [-0.3, -0.25) is 10.1 Å². The average Bonchev–Trinajstić information content (AvgIpc) is 2.70. The molecule has 1 heterocycles. The number of aromatic amines is 1. The van der Waals surface area contributed by atoms with Crippen molar-refractivity contribution in [3.63, 3.8) is 0 Å². The van der Waals surface area contributed by atoms with Crippen LogP contribution in [-0.4, -0.2) is 33.4 Å². The molecular weight excluding hydrogens is 240 g/mol. The molecule has 0 spiro atoms. The third kappa shape index (κ3) is 2.68. The molecule has 17 heavy (non-hydrogen) atoms. The van der Waals surface area contributed by atoms with Crippen LogP contribution in [0.15, 0.2) is 18.2 Å². The maximum absolute atomic E-state index is 10.6. The normalized spacial score (nSPS) is 10.6. The number of rotatable bonds is 5. The van der Waals surface area contributed by atoms with E-state index in [9.17, 15) is 10.1 Å². The Hall–Kier alpha value is -1.76. The van der Waals surface area contributed by atoms with Gasteiger partial charge in [0.2, 0.25) is 5.95 Å². The number of benzene rings is 1. The summed E-state index contributed by atoms with van der Waals surface area (Å²) in [6.45, 7) is 0.809. The van der Waals surface area contributed by atoms with Crippen molar-refractivity contribution in [2.75, 3.05) is 23.9 Å². The van der Waals surface area contributed by atoms with Crippen LogP contribution in [0.25, 0.3) is 11.0 Å². The summed E-state index contributed by atoms with van der Waals surface area (Å²) in [6.07, 6.45) is 2.03. The number of imidazole rings is 1. The topological polar surface area (TPSA) is 83.8 Å². The number of H-pyrrole nitrogens is 1. The Balaban J connectivity index is 2.21. The molecule has 0 saturated carbocycles. The lowest BCUT2D eigenvalue weighted by Gasteiger charge is -1.98. The quantitative estimate of drug-likeness (QED) is 0.484. The van der Waals surface area contributed by atoms with Crippen LogP contribution in [0.3, 0.4) is 0 Å². The molecular formula is C10H12N4O2S. The summed E-state index contributed by atoms with van der Waals surface area (Å²) in [5.41, 5.74) is 1.46. The summed E-state index contributed by atoms with van der Waals surface area (Å²) in [4.78, 5) is 17.5. The van der Waals surface area contributed by atoms with E-state index in [1.165, 1.54) is 12.1 Å². The van der Waals surface area contributed by atoms with Gasteiger partial charge in [-0.25, -0.2) is 4.98 Å². The van der Waals surface area contributed by atoms with E-state index in [0.717, 1.165) is 17.8 Å². The summed E-state index contributed by atoms with van der Waals surface area (Å²) in [7, 11) is 0. The van der Waals surface area contributed by atoms with E-state index in [2.05, 4.69) is 15.3 Å². The maximum atomic E-state index is 10.6. The van der Waals surface area contributed by atoms with Crippen LogP contribution in [0, 0.1) is 10.1 Å². The van der Waals surface area contributed by atoms with E-state index in [4.69, 9.17) is 0 Å². The van der Waals surface area contributed by atoms with Gasteiger partial charge >= 0.3 is 0 Å². The van der Waals surface area contributed by atoms with Crippen LogP contribution in [0.4, 0.5) is 11.6 Å². The highest BCUT2D eigenvalue weighted by atomic mass is 32.2. The number of nitro benzene ring substituents is 1. The van der Waals surface area contributed by atoms with Gasteiger partial charge < -0.3 is 10.3 Å². The molecule has 0 aliphatic carbocycles. The third-order valence-electron chi connectivity index (χ3n) is 2.27. The molecule has 1 aromatic heterocycles. The van der Waals surface area contributed by atoms with Gasteiger partial charge in [-0.05, 0) is 12.3 Å². The lowest BCUT2D eigenvalue weighted by Crippen LogP contribution is -2.04. The molecule has 2 rings (SSSR count). The zero-order valence-electron chi connectivity index (χ0n) is 9.27. The first-order valence-corrected chi connectivity index (χ1v) is 6.47. The summed E-state index contributed by atoms with van der Waals surface area (Å²) in [5.74, 6) is 1.63. The standard InChI is InChI=1S/C10H12N4O2S/c1-17-5-4-11-10-12-8-3-2-7(14(15)16)6-9(8)13-10/h2-3,6H,4-5H2,1H3,(H2,11,12,13). The molecule has 2 aromatic rings. The molecule has 90 valence electrons. The molecule has 0 aliphatic heterocycles. The molecule has 6 nitrogen and oxygen atoms in total. The van der Waals surface area contributed by atoms with E-state index in [1.54, 1.807) is 17.8 Å². The summed E-state index contributed by atoms with van der Waals surface area (Å²) >= 11 is 1.74. The van der Waals surface area contributed by atoms with E-state index in [1.807, 2.05) is 6.26 Å². The molecule has 0 radical (unpaired) electrons. The van der Waals surface area contributed by atoms with Gasteiger partial charge in [0, 0.05) is 24.4 Å². The Morgan fingerprint density at radius 1 is 1.59 bits per heavy atom. The van der Waals surface area contributed by atoms with Crippen molar-refractivity contribution < 1.29 is 4.92 Å². The largest absolute Gasteiger partial charge is 0.355 e. The van der Waals surface area contributed by atoms with E-state index < -0.39 is 4.92 Å². The minimum absolute atomic E-state index is 0.0665. The molecule has 0 aliphatic rings. The minimum Gasteiger partial charge on any atom is -0.355 e. The lowest BCUT2D eigenvalue weighted by atomic mass is 10.3. The van der Waals surface area contributed by atoms with Gasteiger partial charge in [-0.15, -0.1) is 0 Å². The fourth-order valence-corrected chi connectivity index (χ4v) is 1.77. The summed E-state index contributed by atoms with van der Waals surface area (Å²) in [5, 5.41) is 13.7. The van der Waals surface area contributed by atoms with E-state index in [-0.39, 0.29) is 5.69 Å². The molecule has 0 bridgehead atoms. The van der Waals surface area contributed by atoms with Gasteiger partial charge in [-0.2, -0.15) is 11.8 Å². The van der Waals surface area contributed by atoms with Crippen molar-refractivity contribution in [3.05, 3.63) is 28.3 Å². The van der Waals surface area contributed by atoms with Crippen molar-refractivity contribution in [2.24, 2.45) is 0 Å². The number of nitrogens with zero attached hydrogens (tertiary/aromatic N) is 2. The predicted molar refractivity (Wildman–Crippen MR) is 69.6 cm³/mol. The van der Waals surface area contributed by atoms with Crippen LogP contribution >= 0.6 is 11.8 Å². The highest BCUT2D eigenvalue weighted by Gasteiger charge is 2.09. The zero-order valence-corrected chi connectivity index (χ0v) is 10.1. The Bertz CT molecular complexity index is 540. The number of aromatic nitrogens is 2. The van der Waals surface area contributed by atoms with E-state index in [0.29, 0.717) is 11.5 Å². The molecule has 0 fully saturated rings. The maximum Gasteiger partial charge on any atom is 0.271 e. The van der Waals surface area contributed by atoms with Crippen LogP contribution in [0.1, 0.15) is 0 Å². The molecule has 0 saturated heterocycles. The highest BCUT2D eigenvalue weighted by molar-refractivity contribution is 7.98. The zero-order chi connectivity index (χ0) is 12.3. The Kier molecular flexibility index (Phi) is 3.48. The van der Waals surface area contributed by atoms with Crippen molar-refractivity contribution in [1.82, 2.24) is 9.97 Å². The molecule has 2 N–H and O–H groups in total. The number of thioether (sulfide) groups is 1. The molecule has 0 atom stereocenters. The molecule has 0 amide bonds. The van der Waals surface area contributed by atoms with Gasteiger partial charge in [0.25, 0.3) is 5.69 Å². The predicted octanol–water partition coefficient (Wildman–Crippen LogP) is 2.25. The number of anilines is 1. The number of hydrogen-bond acceptors (Lipinski definition) is 5. The second kappa shape index (κ2) is 5.05. The number of non-ortho nitro benzene ring substituents is 1. The number of nitrogens with one attached hydrogen (secondary N) is 2. The number of hydrogen-bond donors (Lipinski definition) is 2. The molecule has 1 aromatic carbocycles. The number of fused-ring (bicyclic) bond motifs is 1. The minimum atomic E-state index is -0.416. The summed E-state index contributed by atoms with van der Waals surface area (Å²) in [6, 6.07) is 4.58. The Morgan fingerprint density at radius 3 is 3.12 bits per heavy atom. The average molecular weight is 252 g/mol. The third-order valence-corrected chi connectivity index (χ3v) is 2.89. The second-order valence-corrected chi connectivity index (χ2v) is 4.45. The van der Waals surface area contributed by atoms with Crippen molar-refractivity contribution in [2.45, 2.75) is 0 Å². The van der Waals surface area contributed by atoms with Crippen LogP contribution in [0.5, 0.6) is 0 Å². The first-order valence-electron chi connectivity index (χ1n) is 5.07. The second-order valence-electron chi connectivity index (χ2n) is 3.46. The smallest absolute Gasteiger partial charge is 0.271 e. The van der Waals surface area contributed by atoms with Crippen molar-refractivity contribution >= 4 is 34.4 Å². The van der Waals surface area contributed by atoms with E-state index >= 15 is 0 Å². The van der Waals surface area contributed by atoms with Gasteiger partial charge in [-0.1, -0.05) is 0 Å². The fourth-order valence-electron chi connectivity index (χ4n) is 1.47. The monoisotopic (exact) mass is 252 g/mol. The van der Waals surface area contributed by atoms with Gasteiger partial charge in [0.15, 0.2) is 0 Å². The van der Waals surface area contributed by atoms with Crippen LogP contribution < -0.4 is 5.32 Å². The molecule has 7 heteroatoms. The van der Waals surface area contributed by atoms with Crippen LogP contribution in [-0.2, 0) is 0 Å². The van der Waals surface area contributed by atoms with Gasteiger partial charge in [0.1, 0.15) is 0 Å². The van der Waals surface area contributed by atoms with Crippen molar-refractivity contribution in [3.8, 4) is 0 Å². The molecule has 0 unspecified atom stereocenters. The lowest BCUT2D eigenvalue weighted by molar-refractivity contribution is -0.384.